The minimum atomic E-state index is -0.279. The third-order valence-electron chi connectivity index (χ3n) is 9.53. The molecule has 2 fully saturated rings. The first-order chi connectivity index (χ1) is 17.4. The average molecular weight is 478 g/mol. The lowest BCUT2D eigenvalue weighted by Crippen LogP contribution is -2.45. The number of aliphatic hydroxyl groups excluding tert-OH is 1. The Balaban J connectivity index is 1.38. The third-order valence-corrected chi connectivity index (χ3v) is 9.53. The van der Waals surface area contributed by atoms with Crippen molar-refractivity contribution < 1.29 is 14.7 Å². The van der Waals surface area contributed by atoms with E-state index >= 15 is 0 Å². The van der Waals surface area contributed by atoms with E-state index in [0.29, 0.717) is 34.9 Å². The number of nitrogens with zero attached hydrogens (tertiary/aromatic N) is 1. The van der Waals surface area contributed by atoms with Crippen LogP contribution in [0.15, 0.2) is 71.3 Å². The number of carbonyl (C=O) groups is 2. The zero-order valence-corrected chi connectivity index (χ0v) is 20.7. The highest BCUT2D eigenvalue weighted by Gasteiger charge is 2.56. The molecule has 5 atom stereocenters. The Morgan fingerprint density at radius 1 is 0.972 bits per heavy atom. The number of aliphatic hydroxyl groups is 1. The van der Waals surface area contributed by atoms with Crippen molar-refractivity contribution in [3.05, 3.63) is 93.6 Å². The van der Waals surface area contributed by atoms with Gasteiger partial charge in [0.1, 0.15) is 0 Å². The number of benzene rings is 2. The molecule has 1 N–H and O–H groups in total. The molecular formula is C32H31NO3. The maximum atomic E-state index is 13.1. The van der Waals surface area contributed by atoms with Gasteiger partial charge in [-0.05, 0) is 103 Å². The molecule has 0 heterocycles. The molecule has 4 heteroatoms. The topological polar surface area (TPSA) is 78.2 Å². The molecule has 4 aliphatic rings. The monoisotopic (exact) mass is 477 g/mol. The molecule has 182 valence electrons. The number of nitriles is 1. The van der Waals surface area contributed by atoms with E-state index in [-0.39, 0.29) is 29.0 Å². The van der Waals surface area contributed by atoms with Crippen molar-refractivity contribution in [2.75, 3.05) is 0 Å². The van der Waals surface area contributed by atoms with Crippen LogP contribution in [0, 0.1) is 28.6 Å². The molecule has 0 radical (unpaired) electrons. The number of rotatable bonds is 3. The Morgan fingerprint density at radius 3 is 2.36 bits per heavy atom. The SMILES string of the molecule is C[C@]12C[C@H](c3ccc(C(=O)c4ccc(C#N)cc4)cc3)C3=C4CCC(=O)C=C4CCC3C1CC[C@@H]2O. The van der Waals surface area contributed by atoms with E-state index in [2.05, 4.69) is 25.1 Å². The molecule has 4 nitrogen and oxygen atoms in total. The molecule has 6 rings (SSSR count). The molecule has 36 heavy (non-hydrogen) atoms. The molecule has 2 aromatic carbocycles. The third kappa shape index (κ3) is 3.61. The fraction of sp³-hybridized carbons (Fsp3) is 0.406. The summed E-state index contributed by atoms with van der Waals surface area (Å²) in [5.74, 6) is 1.32. The highest BCUT2D eigenvalue weighted by Crippen LogP contribution is 2.63. The van der Waals surface area contributed by atoms with E-state index in [0.717, 1.165) is 38.5 Å². The lowest BCUT2D eigenvalue weighted by atomic mass is 9.53. The molecule has 0 saturated heterocycles. The molecule has 2 unspecified atom stereocenters. The van der Waals surface area contributed by atoms with Crippen LogP contribution >= 0.6 is 0 Å². The van der Waals surface area contributed by atoms with Gasteiger partial charge in [-0.2, -0.15) is 5.26 Å². The summed E-state index contributed by atoms with van der Waals surface area (Å²) < 4.78 is 0. The van der Waals surface area contributed by atoms with Gasteiger partial charge in [0.05, 0.1) is 17.7 Å². The normalized spacial score (nSPS) is 31.1. The quantitative estimate of drug-likeness (QED) is 0.546. The Hall–Kier alpha value is -3.29. The van der Waals surface area contributed by atoms with Gasteiger partial charge in [-0.25, -0.2) is 0 Å². The highest BCUT2D eigenvalue weighted by atomic mass is 16.3. The van der Waals surface area contributed by atoms with Gasteiger partial charge in [0, 0.05) is 23.5 Å². The molecule has 4 aliphatic carbocycles. The lowest BCUT2D eigenvalue weighted by Gasteiger charge is -2.52. The summed E-state index contributed by atoms with van der Waals surface area (Å²) in [6.45, 7) is 2.28. The van der Waals surface area contributed by atoms with E-state index in [1.807, 2.05) is 18.2 Å². The van der Waals surface area contributed by atoms with Crippen LogP contribution in [0.3, 0.4) is 0 Å². The second-order valence-electron chi connectivity index (χ2n) is 11.3. The van der Waals surface area contributed by atoms with Crippen LogP contribution in [0.5, 0.6) is 0 Å². The molecule has 0 aromatic heterocycles. The van der Waals surface area contributed by atoms with E-state index < -0.39 is 0 Å². The molecule has 0 amide bonds. The summed E-state index contributed by atoms with van der Waals surface area (Å²) in [6.07, 6.45) is 7.87. The van der Waals surface area contributed by atoms with Gasteiger partial charge in [0.25, 0.3) is 0 Å². The van der Waals surface area contributed by atoms with Crippen LogP contribution in [0.2, 0.25) is 0 Å². The molecule has 0 aliphatic heterocycles. The number of ketones is 2. The molecule has 2 aromatic rings. The van der Waals surface area contributed by atoms with Gasteiger partial charge in [-0.3, -0.25) is 9.59 Å². The molecule has 2 saturated carbocycles. The minimum Gasteiger partial charge on any atom is -0.393 e. The van der Waals surface area contributed by atoms with Crippen molar-refractivity contribution >= 4 is 11.6 Å². The van der Waals surface area contributed by atoms with Crippen molar-refractivity contribution in [1.29, 1.82) is 5.26 Å². The van der Waals surface area contributed by atoms with E-state index in [1.54, 1.807) is 24.3 Å². The maximum Gasteiger partial charge on any atom is 0.193 e. The largest absolute Gasteiger partial charge is 0.393 e. The summed E-state index contributed by atoms with van der Waals surface area (Å²) in [5.41, 5.74) is 6.96. The van der Waals surface area contributed by atoms with Gasteiger partial charge in [0.15, 0.2) is 11.6 Å². The summed E-state index contributed by atoms with van der Waals surface area (Å²) >= 11 is 0. The number of carbonyl (C=O) groups excluding carboxylic acids is 2. The Bertz CT molecular complexity index is 1340. The van der Waals surface area contributed by atoms with E-state index in [1.165, 1.54) is 22.3 Å². The maximum absolute atomic E-state index is 13.1. The fourth-order valence-corrected chi connectivity index (χ4v) is 7.66. The van der Waals surface area contributed by atoms with Crippen molar-refractivity contribution in [3.63, 3.8) is 0 Å². The molecule has 0 bridgehead atoms. The summed E-state index contributed by atoms with van der Waals surface area (Å²) in [6, 6.07) is 16.8. The predicted octanol–water partition coefficient (Wildman–Crippen LogP) is 6.05. The number of allylic oxidation sites excluding steroid dienone is 4. The average Bonchev–Trinajstić information content (AvgIpc) is 3.21. The number of hydrogen-bond acceptors (Lipinski definition) is 4. The number of fused-ring (bicyclic) bond motifs is 4. The lowest BCUT2D eigenvalue weighted by molar-refractivity contribution is -0.114. The van der Waals surface area contributed by atoms with Crippen molar-refractivity contribution in [2.45, 2.75) is 63.9 Å². The van der Waals surface area contributed by atoms with E-state index in [4.69, 9.17) is 5.26 Å². The summed E-state index contributed by atoms with van der Waals surface area (Å²) in [4.78, 5) is 25.2. The Labute approximate surface area is 212 Å². The first kappa shape index (κ1) is 23.1. The second-order valence-corrected chi connectivity index (χ2v) is 11.3. The van der Waals surface area contributed by atoms with Crippen LogP contribution in [0.4, 0.5) is 0 Å². The van der Waals surface area contributed by atoms with Crippen molar-refractivity contribution in [2.24, 2.45) is 17.3 Å². The Morgan fingerprint density at radius 2 is 1.67 bits per heavy atom. The van der Waals surface area contributed by atoms with Gasteiger partial charge in [0.2, 0.25) is 0 Å². The van der Waals surface area contributed by atoms with Gasteiger partial charge in [-0.15, -0.1) is 0 Å². The van der Waals surface area contributed by atoms with Crippen LogP contribution < -0.4 is 0 Å². The summed E-state index contributed by atoms with van der Waals surface area (Å²) in [7, 11) is 0. The zero-order chi connectivity index (χ0) is 25.0. The van der Waals surface area contributed by atoms with Crippen LogP contribution in [-0.2, 0) is 4.79 Å². The number of hydrogen-bond donors (Lipinski definition) is 1. The van der Waals surface area contributed by atoms with Gasteiger partial charge < -0.3 is 5.11 Å². The minimum absolute atomic E-state index is 0.0542. The molecular weight excluding hydrogens is 446 g/mol. The zero-order valence-electron chi connectivity index (χ0n) is 20.7. The van der Waals surface area contributed by atoms with Crippen LogP contribution in [-0.4, -0.2) is 22.8 Å². The van der Waals surface area contributed by atoms with Crippen molar-refractivity contribution in [3.8, 4) is 6.07 Å². The van der Waals surface area contributed by atoms with Crippen LogP contribution in [0.25, 0.3) is 0 Å². The van der Waals surface area contributed by atoms with Gasteiger partial charge >= 0.3 is 0 Å². The van der Waals surface area contributed by atoms with Crippen LogP contribution in [0.1, 0.15) is 84.8 Å². The first-order valence-corrected chi connectivity index (χ1v) is 13.2. The van der Waals surface area contributed by atoms with Crippen molar-refractivity contribution in [1.82, 2.24) is 0 Å². The Kier molecular flexibility index (Phi) is 5.57. The first-order valence-electron chi connectivity index (χ1n) is 13.2. The predicted molar refractivity (Wildman–Crippen MR) is 137 cm³/mol. The summed E-state index contributed by atoms with van der Waals surface area (Å²) in [5, 5.41) is 20.1. The highest BCUT2D eigenvalue weighted by molar-refractivity contribution is 6.09. The van der Waals surface area contributed by atoms with E-state index in [9.17, 15) is 14.7 Å². The smallest absolute Gasteiger partial charge is 0.193 e. The molecule has 0 spiro atoms. The fourth-order valence-electron chi connectivity index (χ4n) is 7.66. The second kappa shape index (κ2) is 8.68. The van der Waals surface area contributed by atoms with Gasteiger partial charge in [-0.1, -0.05) is 36.8 Å². The standard InChI is InChI=1S/C32H31NO3/c1-32-17-27(20-6-8-22(9-7-20)31(36)21-4-2-19(18-33)3-5-21)30-25-13-11-24(34)16-23(25)10-12-26(30)28(32)14-15-29(32)35/h2-9,16,26-29,35H,10-15,17H2,1H3/t26?,27-,28?,29+,32+/m1/s1.